The number of aliphatic hydroxyl groups excluding tert-OH is 1. The van der Waals surface area contributed by atoms with Crippen molar-refractivity contribution in [2.24, 2.45) is 0 Å². The minimum Gasteiger partial charge on any atom is -0.387 e. The van der Waals surface area contributed by atoms with E-state index in [0.717, 1.165) is 9.35 Å². The van der Waals surface area contributed by atoms with E-state index < -0.39 is 6.10 Å². The first-order valence-corrected chi connectivity index (χ1v) is 4.76. The summed E-state index contributed by atoms with van der Waals surface area (Å²) < 4.78 is 0.994. The third kappa shape index (κ3) is 2.33. The molecule has 0 aliphatic heterocycles. The Morgan fingerprint density at radius 3 is 3.00 bits per heavy atom. The number of hydrogen-bond donors (Lipinski definition) is 1. The highest BCUT2D eigenvalue weighted by atomic mass is 79.9. The predicted molar refractivity (Wildman–Crippen MR) is 50.4 cm³/mol. The molecule has 1 nitrogen and oxygen atoms in total. The summed E-state index contributed by atoms with van der Waals surface area (Å²) in [6, 6.07) is 1.88. The predicted octanol–water partition coefficient (Wildman–Crippen LogP) is 2.57. The van der Waals surface area contributed by atoms with Crippen molar-refractivity contribution in [3.63, 3.8) is 0 Å². The second kappa shape index (κ2) is 3.91. The van der Waals surface area contributed by atoms with Crippen LogP contribution in [-0.2, 0) is 0 Å². The van der Waals surface area contributed by atoms with E-state index in [4.69, 9.17) is 6.42 Å². The van der Waals surface area contributed by atoms with Crippen molar-refractivity contribution in [3.05, 3.63) is 20.8 Å². The molecule has 0 fully saturated rings. The van der Waals surface area contributed by atoms with E-state index in [-0.39, 0.29) is 0 Å². The van der Waals surface area contributed by atoms with Gasteiger partial charge in [-0.2, -0.15) is 0 Å². The van der Waals surface area contributed by atoms with Crippen LogP contribution in [-0.4, -0.2) is 5.11 Å². The van der Waals surface area contributed by atoms with Crippen molar-refractivity contribution >= 4 is 27.3 Å². The molecule has 1 unspecified atom stereocenters. The van der Waals surface area contributed by atoms with Gasteiger partial charge in [0, 0.05) is 21.2 Å². The Morgan fingerprint density at radius 1 is 1.82 bits per heavy atom. The van der Waals surface area contributed by atoms with Gasteiger partial charge >= 0.3 is 0 Å². The first-order chi connectivity index (χ1) is 5.24. The largest absolute Gasteiger partial charge is 0.387 e. The fraction of sp³-hybridized carbons (Fsp3) is 0.250. The van der Waals surface area contributed by atoms with Crippen LogP contribution in [0.4, 0.5) is 0 Å². The fourth-order valence-corrected chi connectivity index (χ4v) is 2.15. The normalized spacial score (nSPS) is 12.5. The molecule has 1 atom stereocenters. The van der Waals surface area contributed by atoms with Crippen LogP contribution in [0.1, 0.15) is 17.4 Å². The Kier molecular flexibility index (Phi) is 3.13. The lowest BCUT2D eigenvalue weighted by Crippen LogP contribution is -1.90. The second-order valence-electron chi connectivity index (χ2n) is 2.09. The second-order valence-corrected chi connectivity index (χ2v) is 3.95. The molecule has 0 aliphatic rings. The molecule has 3 heteroatoms. The van der Waals surface area contributed by atoms with Crippen molar-refractivity contribution < 1.29 is 5.11 Å². The number of hydrogen-bond acceptors (Lipinski definition) is 2. The lowest BCUT2D eigenvalue weighted by Gasteiger charge is -2.01. The van der Waals surface area contributed by atoms with Crippen LogP contribution in [0.15, 0.2) is 15.9 Å². The molecule has 0 spiro atoms. The summed E-state index contributed by atoms with van der Waals surface area (Å²) in [5.74, 6) is 2.42. The highest BCUT2D eigenvalue weighted by Crippen LogP contribution is 2.26. The standard InChI is InChI=1S/C8H7BrOS/c1-2-3-7(10)8-4-6(9)5-11-8/h1,4-5,7,10H,3H2. The van der Waals surface area contributed by atoms with Gasteiger partial charge < -0.3 is 5.11 Å². The van der Waals surface area contributed by atoms with Crippen molar-refractivity contribution in [3.8, 4) is 12.3 Å². The summed E-state index contributed by atoms with van der Waals surface area (Å²) in [6.07, 6.45) is 4.93. The summed E-state index contributed by atoms with van der Waals surface area (Å²) in [6.45, 7) is 0. The Morgan fingerprint density at radius 2 is 2.55 bits per heavy atom. The molecule has 1 heterocycles. The van der Waals surface area contributed by atoms with Gasteiger partial charge in [-0.3, -0.25) is 0 Å². The highest BCUT2D eigenvalue weighted by Gasteiger charge is 2.07. The first-order valence-electron chi connectivity index (χ1n) is 3.09. The average Bonchev–Trinajstić information content (AvgIpc) is 2.36. The van der Waals surface area contributed by atoms with Gasteiger partial charge in [-0.1, -0.05) is 0 Å². The Labute approximate surface area is 78.2 Å². The summed E-state index contributed by atoms with van der Waals surface area (Å²) >= 11 is 4.80. The molecule has 0 aromatic carbocycles. The van der Waals surface area contributed by atoms with Gasteiger partial charge in [0.15, 0.2) is 0 Å². The number of aliphatic hydroxyl groups is 1. The lowest BCUT2D eigenvalue weighted by molar-refractivity contribution is 0.188. The number of thiophene rings is 1. The van der Waals surface area contributed by atoms with Gasteiger partial charge in [0.1, 0.15) is 0 Å². The SMILES string of the molecule is C#CCC(O)c1cc(Br)cs1. The molecule has 0 radical (unpaired) electrons. The monoisotopic (exact) mass is 230 g/mol. The molecule has 1 aromatic rings. The number of halogens is 1. The van der Waals surface area contributed by atoms with Crippen LogP contribution in [0.25, 0.3) is 0 Å². The smallest absolute Gasteiger partial charge is 0.0991 e. The van der Waals surface area contributed by atoms with Gasteiger partial charge in [-0.25, -0.2) is 0 Å². The molecular weight excluding hydrogens is 224 g/mol. The highest BCUT2D eigenvalue weighted by molar-refractivity contribution is 9.10. The summed E-state index contributed by atoms with van der Waals surface area (Å²) in [4.78, 5) is 0.912. The zero-order valence-corrected chi connectivity index (χ0v) is 8.15. The summed E-state index contributed by atoms with van der Waals surface area (Å²) in [7, 11) is 0. The number of rotatable bonds is 2. The van der Waals surface area contributed by atoms with Crippen molar-refractivity contribution in [2.75, 3.05) is 0 Å². The zero-order chi connectivity index (χ0) is 8.27. The Bertz CT molecular complexity index is 274. The maximum atomic E-state index is 9.38. The lowest BCUT2D eigenvalue weighted by atomic mass is 10.2. The zero-order valence-electron chi connectivity index (χ0n) is 5.75. The minimum atomic E-state index is -0.503. The van der Waals surface area contributed by atoms with E-state index in [9.17, 15) is 5.11 Å². The third-order valence-electron chi connectivity index (χ3n) is 1.23. The minimum absolute atomic E-state index is 0.382. The van der Waals surface area contributed by atoms with E-state index >= 15 is 0 Å². The van der Waals surface area contributed by atoms with Crippen molar-refractivity contribution in [2.45, 2.75) is 12.5 Å². The molecule has 0 bridgehead atoms. The van der Waals surface area contributed by atoms with Gasteiger partial charge in [0.2, 0.25) is 0 Å². The van der Waals surface area contributed by atoms with E-state index in [1.54, 1.807) is 0 Å². The molecule has 1 rings (SSSR count). The molecule has 0 amide bonds. The van der Waals surface area contributed by atoms with Crippen LogP contribution in [0.3, 0.4) is 0 Å². The molecular formula is C8H7BrOS. The first kappa shape index (κ1) is 8.79. The molecule has 58 valence electrons. The van der Waals surface area contributed by atoms with Gasteiger partial charge in [-0.05, 0) is 22.0 Å². The van der Waals surface area contributed by atoms with E-state index in [2.05, 4.69) is 21.9 Å². The van der Waals surface area contributed by atoms with Crippen molar-refractivity contribution in [1.29, 1.82) is 0 Å². The Balaban J connectivity index is 2.70. The van der Waals surface area contributed by atoms with Crippen LogP contribution in [0.2, 0.25) is 0 Å². The molecule has 0 aliphatic carbocycles. The maximum absolute atomic E-state index is 9.38. The molecule has 1 aromatic heterocycles. The Hall–Kier alpha value is -0.300. The van der Waals surface area contributed by atoms with Gasteiger partial charge in [-0.15, -0.1) is 23.7 Å². The average molecular weight is 231 g/mol. The molecule has 0 saturated carbocycles. The quantitative estimate of drug-likeness (QED) is 0.775. The van der Waals surface area contributed by atoms with Crippen LogP contribution >= 0.6 is 27.3 Å². The summed E-state index contributed by atoms with van der Waals surface area (Å²) in [5.41, 5.74) is 0. The van der Waals surface area contributed by atoms with E-state index in [1.165, 1.54) is 11.3 Å². The topological polar surface area (TPSA) is 20.2 Å². The third-order valence-corrected chi connectivity index (χ3v) is 3.02. The summed E-state index contributed by atoms with van der Waals surface area (Å²) in [5, 5.41) is 11.3. The van der Waals surface area contributed by atoms with Crippen LogP contribution in [0, 0.1) is 12.3 Å². The van der Waals surface area contributed by atoms with Crippen LogP contribution in [0.5, 0.6) is 0 Å². The van der Waals surface area contributed by atoms with E-state index in [1.807, 2.05) is 11.4 Å². The molecule has 11 heavy (non-hydrogen) atoms. The maximum Gasteiger partial charge on any atom is 0.0991 e. The van der Waals surface area contributed by atoms with Crippen LogP contribution < -0.4 is 0 Å². The molecule has 1 N–H and O–H groups in total. The van der Waals surface area contributed by atoms with E-state index in [0.29, 0.717) is 6.42 Å². The van der Waals surface area contributed by atoms with Gasteiger partial charge in [0.05, 0.1) is 6.10 Å². The van der Waals surface area contributed by atoms with Gasteiger partial charge in [0.25, 0.3) is 0 Å². The molecule has 0 saturated heterocycles. The fourth-order valence-electron chi connectivity index (χ4n) is 0.715. The van der Waals surface area contributed by atoms with Crippen molar-refractivity contribution in [1.82, 2.24) is 0 Å². The number of terminal acetylenes is 1.